The molecule has 0 saturated carbocycles. The van der Waals surface area contributed by atoms with E-state index in [-0.39, 0.29) is 0 Å². The van der Waals surface area contributed by atoms with Gasteiger partial charge >= 0.3 is 0 Å². The number of hydrogen-bond acceptors (Lipinski definition) is 2. The number of nitrogens with zero attached hydrogens (tertiary/aromatic N) is 2. The average Bonchev–Trinajstić information content (AvgIpc) is 2.94. The summed E-state index contributed by atoms with van der Waals surface area (Å²) in [6.07, 6.45) is 9.07. The molecule has 0 bridgehead atoms. The van der Waals surface area contributed by atoms with Crippen LogP contribution in [0.1, 0.15) is 57.2 Å². The molecule has 2 unspecified atom stereocenters. The van der Waals surface area contributed by atoms with Gasteiger partial charge in [-0.05, 0) is 25.8 Å². The van der Waals surface area contributed by atoms with E-state index in [9.17, 15) is 0 Å². The molecule has 3 nitrogen and oxygen atoms in total. The molecule has 1 aliphatic heterocycles. The quantitative estimate of drug-likeness (QED) is 0.828. The zero-order chi connectivity index (χ0) is 11.4. The third kappa shape index (κ3) is 2.29. The molecule has 1 aliphatic rings. The molecule has 2 rings (SSSR count). The Hall–Kier alpha value is -0.830. The lowest BCUT2D eigenvalue weighted by Gasteiger charge is -2.21. The molecule has 3 heteroatoms. The van der Waals surface area contributed by atoms with Crippen LogP contribution in [0.15, 0.2) is 12.5 Å². The first-order chi connectivity index (χ1) is 7.86. The minimum Gasteiger partial charge on any atom is -0.331 e. The van der Waals surface area contributed by atoms with E-state index in [4.69, 9.17) is 0 Å². The fourth-order valence-corrected chi connectivity index (χ4v) is 2.72. The Morgan fingerprint density at radius 2 is 2.44 bits per heavy atom. The van der Waals surface area contributed by atoms with Crippen LogP contribution in [0.4, 0.5) is 0 Å². The maximum atomic E-state index is 4.35. The van der Waals surface area contributed by atoms with Crippen molar-refractivity contribution in [1.29, 1.82) is 0 Å². The van der Waals surface area contributed by atoms with Gasteiger partial charge < -0.3 is 9.88 Å². The molecule has 1 N–H and O–H groups in total. The van der Waals surface area contributed by atoms with Gasteiger partial charge in [0.2, 0.25) is 0 Å². The third-order valence-corrected chi connectivity index (χ3v) is 3.66. The molecule has 16 heavy (non-hydrogen) atoms. The van der Waals surface area contributed by atoms with Gasteiger partial charge in [-0.15, -0.1) is 0 Å². The zero-order valence-corrected chi connectivity index (χ0v) is 10.4. The Kier molecular flexibility index (Phi) is 3.99. The summed E-state index contributed by atoms with van der Waals surface area (Å²) in [6, 6.07) is 0.642. The summed E-state index contributed by atoms with van der Waals surface area (Å²) in [4.78, 5) is 4.35. The van der Waals surface area contributed by atoms with E-state index in [0.29, 0.717) is 12.0 Å². The fraction of sp³-hybridized carbons (Fsp3) is 0.769. The first kappa shape index (κ1) is 11.6. The van der Waals surface area contributed by atoms with Crippen LogP contribution in [0.3, 0.4) is 0 Å². The number of hydrogen-bond donors (Lipinski definition) is 1. The normalized spacial score (nSPS) is 22.5. The van der Waals surface area contributed by atoms with Crippen LogP contribution in [0.2, 0.25) is 0 Å². The van der Waals surface area contributed by atoms with Crippen LogP contribution in [0.25, 0.3) is 0 Å². The van der Waals surface area contributed by atoms with Gasteiger partial charge in [0, 0.05) is 30.4 Å². The van der Waals surface area contributed by atoms with E-state index in [0.717, 1.165) is 13.1 Å². The zero-order valence-electron chi connectivity index (χ0n) is 10.4. The molecule has 1 aromatic rings. The highest BCUT2D eigenvalue weighted by Gasteiger charge is 2.22. The molecule has 2 heterocycles. The van der Waals surface area contributed by atoms with Crippen molar-refractivity contribution in [2.75, 3.05) is 13.1 Å². The SMILES string of the molecule is CCCC(CC)n1cncc1C1CCNC1. The van der Waals surface area contributed by atoms with Crippen molar-refractivity contribution in [2.24, 2.45) is 0 Å². The maximum Gasteiger partial charge on any atom is 0.0950 e. The molecular formula is C13H23N3. The Morgan fingerprint density at radius 1 is 1.56 bits per heavy atom. The van der Waals surface area contributed by atoms with Gasteiger partial charge in [-0.25, -0.2) is 4.98 Å². The van der Waals surface area contributed by atoms with Gasteiger partial charge in [0.15, 0.2) is 0 Å². The third-order valence-electron chi connectivity index (χ3n) is 3.66. The first-order valence-corrected chi connectivity index (χ1v) is 6.59. The second-order valence-corrected chi connectivity index (χ2v) is 4.77. The van der Waals surface area contributed by atoms with Gasteiger partial charge in [-0.3, -0.25) is 0 Å². The van der Waals surface area contributed by atoms with Crippen molar-refractivity contribution in [1.82, 2.24) is 14.9 Å². The van der Waals surface area contributed by atoms with Crippen LogP contribution in [0.5, 0.6) is 0 Å². The Labute approximate surface area is 98.3 Å². The highest BCUT2D eigenvalue weighted by Crippen LogP contribution is 2.27. The van der Waals surface area contributed by atoms with E-state index in [1.807, 2.05) is 6.33 Å². The smallest absolute Gasteiger partial charge is 0.0950 e. The number of nitrogens with one attached hydrogen (secondary N) is 1. The van der Waals surface area contributed by atoms with Gasteiger partial charge in [-0.1, -0.05) is 20.3 Å². The molecule has 0 radical (unpaired) electrons. The monoisotopic (exact) mass is 221 g/mol. The van der Waals surface area contributed by atoms with E-state index in [2.05, 4.69) is 34.9 Å². The van der Waals surface area contributed by atoms with E-state index >= 15 is 0 Å². The molecule has 1 aromatic heterocycles. The second-order valence-electron chi connectivity index (χ2n) is 4.77. The molecule has 0 aliphatic carbocycles. The first-order valence-electron chi connectivity index (χ1n) is 6.59. The van der Waals surface area contributed by atoms with Crippen molar-refractivity contribution in [2.45, 2.75) is 51.5 Å². The summed E-state index contributed by atoms with van der Waals surface area (Å²) in [7, 11) is 0. The number of rotatable bonds is 5. The minimum atomic E-state index is 0.642. The van der Waals surface area contributed by atoms with Gasteiger partial charge in [0.25, 0.3) is 0 Å². The van der Waals surface area contributed by atoms with Crippen LogP contribution in [-0.4, -0.2) is 22.6 Å². The standard InChI is InChI=1S/C13H23N3/c1-3-5-12(4-2)16-10-15-9-13(16)11-6-7-14-8-11/h9-12,14H,3-8H2,1-2H3. The van der Waals surface area contributed by atoms with Crippen molar-refractivity contribution in [3.8, 4) is 0 Å². The molecule has 0 spiro atoms. The van der Waals surface area contributed by atoms with E-state index in [1.54, 1.807) is 0 Å². The van der Waals surface area contributed by atoms with Gasteiger partial charge in [0.05, 0.1) is 6.33 Å². The highest BCUT2D eigenvalue weighted by atomic mass is 15.1. The van der Waals surface area contributed by atoms with Crippen LogP contribution in [-0.2, 0) is 0 Å². The summed E-state index contributed by atoms with van der Waals surface area (Å²) in [5.74, 6) is 0.674. The highest BCUT2D eigenvalue weighted by molar-refractivity contribution is 5.10. The van der Waals surface area contributed by atoms with E-state index < -0.39 is 0 Å². The van der Waals surface area contributed by atoms with Crippen LogP contribution in [0, 0.1) is 0 Å². The Bertz CT molecular complexity index is 313. The molecule has 0 amide bonds. The number of imidazole rings is 1. The summed E-state index contributed by atoms with van der Waals surface area (Å²) in [5, 5.41) is 3.44. The van der Waals surface area contributed by atoms with Gasteiger partial charge in [0.1, 0.15) is 0 Å². The largest absolute Gasteiger partial charge is 0.331 e. The van der Waals surface area contributed by atoms with E-state index in [1.165, 1.54) is 31.4 Å². The lowest BCUT2D eigenvalue weighted by molar-refractivity contribution is 0.427. The second kappa shape index (κ2) is 5.48. The lowest BCUT2D eigenvalue weighted by Crippen LogP contribution is -2.15. The summed E-state index contributed by atoms with van der Waals surface area (Å²) in [6.45, 7) is 6.81. The van der Waals surface area contributed by atoms with Crippen LogP contribution >= 0.6 is 0 Å². The lowest BCUT2D eigenvalue weighted by atomic mass is 10.0. The predicted octanol–water partition coefficient (Wildman–Crippen LogP) is 2.71. The average molecular weight is 221 g/mol. The molecule has 0 aromatic carbocycles. The molecule has 2 atom stereocenters. The van der Waals surface area contributed by atoms with Gasteiger partial charge in [-0.2, -0.15) is 0 Å². The van der Waals surface area contributed by atoms with Crippen molar-refractivity contribution in [3.63, 3.8) is 0 Å². The molecule has 90 valence electrons. The summed E-state index contributed by atoms with van der Waals surface area (Å²) in [5.41, 5.74) is 1.44. The Balaban J connectivity index is 2.16. The molecule has 1 saturated heterocycles. The molecular weight excluding hydrogens is 198 g/mol. The van der Waals surface area contributed by atoms with Crippen molar-refractivity contribution >= 4 is 0 Å². The van der Waals surface area contributed by atoms with Crippen molar-refractivity contribution in [3.05, 3.63) is 18.2 Å². The fourth-order valence-electron chi connectivity index (χ4n) is 2.72. The number of aromatic nitrogens is 2. The minimum absolute atomic E-state index is 0.642. The summed E-state index contributed by atoms with van der Waals surface area (Å²) < 4.78 is 2.42. The van der Waals surface area contributed by atoms with Crippen molar-refractivity contribution < 1.29 is 0 Å². The maximum absolute atomic E-state index is 4.35. The molecule has 1 fully saturated rings. The Morgan fingerprint density at radius 3 is 3.06 bits per heavy atom. The van der Waals surface area contributed by atoms with Crippen LogP contribution < -0.4 is 5.32 Å². The summed E-state index contributed by atoms with van der Waals surface area (Å²) >= 11 is 0. The predicted molar refractivity (Wildman–Crippen MR) is 66.7 cm³/mol. The topological polar surface area (TPSA) is 29.9 Å².